The van der Waals surface area contributed by atoms with Crippen LogP contribution in [0.2, 0.25) is 0 Å². The van der Waals surface area contributed by atoms with E-state index in [9.17, 15) is 8.78 Å². The predicted molar refractivity (Wildman–Crippen MR) is 68.1 cm³/mol. The third-order valence-corrected chi connectivity index (χ3v) is 3.62. The highest BCUT2D eigenvalue weighted by atomic mass is 32.1. The van der Waals surface area contributed by atoms with E-state index in [0.717, 1.165) is 18.2 Å². The van der Waals surface area contributed by atoms with Crippen LogP contribution >= 0.6 is 11.3 Å². The topological polar surface area (TPSA) is 43.1 Å². The van der Waals surface area contributed by atoms with Crippen LogP contribution in [0, 0.1) is 11.6 Å². The zero-order chi connectivity index (χ0) is 13.6. The molecule has 1 aromatic carbocycles. The van der Waals surface area contributed by atoms with Gasteiger partial charge < -0.3 is 0 Å². The first-order valence-corrected chi connectivity index (χ1v) is 6.55. The fourth-order valence-electron chi connectivity index (χ4n) is 1.76. The Kier molecular flexibility index (Phi) is 2.78. The van der Waals surface area contributed by atoms with E-state index >= 15 is 0 Å². The Morgan fingerprint density at radius 2 is 2.00 bits per heavy atom. The van der Waals surface area contributed by atoms with Gasteiger partial charge in [0.25, 0.3) is 0 Å². The fraction of sp³-hybridized carbons (Fsp3) is 0.250. The number of halogens is 2. The summed E-state index contributed by atoms with van der Waals surface area (Å²) < 4.78 is 28.5. The van der Waals surface area contributed by atoms with Gasteiger partial charge >= 0.3 is 0 Å². The van der Waals surface area contributed by atoms with Crippen molar-refractivity contribution in [3.8, 4) is 10.6 Å². The van der Waals surface area contributed by atoms with Gasteiger partial charge in [-0.2, -0.15) is 9.61 Å². The molecule has 0 fully saturated rings. The van der Waals surface area contributed by atoms with Gasteiger partial charge in [0.1, 0.15) is 11.6 Å². The first-order valence-electron chi connectivity index (χ1n) is 5.74. The second-order valence-corrected chi connectivity index (χ2v) is 5.39. The molecule has 0 atom stereocenters. The Labute approximate surface area is 111 Å². The molecule has 0 N–H and O–H groups in total. The van der Waals surface area contributed by atoms with Crippen molar-refractivity contribution in [2.75, 3.05) is 0 Å². The van der Waals surface area contributed by atoms with Crippen LogP contribution in [-0.4, -0.2) is 19.8 Å². The number of benzene rings is 1. The monoisotopic (exact) mass is 280 g/mol. The van der Waals surface area contributed by atoms with E-state index in [1.807, 2.05) is 13.8 Å². The van der Waals surface area contributed by atoms with Crippen molar-refractivity contribution in [3.05, 3.63) is 35.7 Å². The van der Waals surface area contributed by atoms with Crippen molar-refractivity contribution >= 4 is 16.3 Å². The lowest BCUT2D eigenvalue weighted by Crippen LogP contribution is -1.98. The molecule has 0 aliphatic carbocycles. The van der Waals surface area contributed by atoms with E-state index in [1.165, 1.54) is 11.3 Å². The summed E-state index contributed by atoms with van der Waals surface area (Å²) in [6.45, 7) is 3.94. The Morgan fingerprint density at radius 1 is 1.21 bits per heavy atom. The van der Waals surface area contributed by atoms with Gasteiger partial charge in [0.15, 0.2) is 10.8 Å². The largest absolute Gasteiger partial charge is 0.234 e. The molecule has 0 amide bonds. The predicted octanol–water partition coefficient (Wildman–Crippen LogP) is 3.25. The molecule has 2 heterocycles. The zero-order valence-electron chi connectivity index (χ0n) is 10.3. The zero-order valence-corrected chi connectivity index (χ0v) is 11.1. The molecule has 0 spiro atoms. The van der Waals surface area contributed by atoms with E-state index in [1.54, 1.807) is 4.52 Å². The Hall–Kier alpha value is -1.89. The first kappa shape index (κ1) is 12.2. The van der Waals surface area contributed by atoms with Crippen LogP contribution in [0.15, 0.2) is 18.2 Å². The van der Waals surface area contributed by atoms with Crippen molar-refractivity contribution in [3.63, 3.8) is 0 Å². The lowest BCUT2D eigenvalue weighted by atomic mass is 10.2. The maximum absolute atomic E-state index is 13.7. The molecule has 7 heteroatoms. The number of rotatable bonds is 2. The van der Waals surface area contributed by atoms with E-state index < -0.39 is 11.6 Å². The number of hydrogen-bond donors (Lipinski definition) is 0. The average Bonchev–Trinajstić information content (AvgIpc) is 2.91. The minimum absolute atomic E-state index is 0.144. The van der Waals surface area contributed by atoms with Crippen LogP contribution in [0.1, 0.15) is 25.6 Å². The van der Waals surface area contributed by atoms with Crippen LogP contribution in [-0.2, 0) is 0 Å². The van der Waals surface area contributed by atoms with Crippen LogP contribution in [0.5, 0.6) is 0 Å². The molecule has 4 nitrogen and oxygen atoms in total. The van der Waals surface area contributed by atoms with Crippen molar-refractivity contribution in [2.24, 2.45) is 0 Å². The quantitative estimate of drug-likeness (QED) is 0.723. The van der Waals surface area contributed by atoms with Gasteiger partial charge in [-0.25, -0.2) is 8.78 Å². The Balaban J connectivity index is 2.18. The summed E-state index contributed by atoms with van der Waals surface area (Å²) in [5.41, 5.74) is 0.144. The highest BCUT2D eigenvalue weighted by Gasteiger charge is 2.17. The maximum atomic E-state index is 13.7. The minimum atomic E-state index is -0.502. The molecule has 0 saturated heterocycles. The Bertz CT molecular complexity index is 747. The van der Waals surface area contributed by atoms with Gasteiger partial charge in [-0.3, -0.25) is 0 Å². The van der Waals surface area contributed by atoms with Gasteiger partial charge in [-0.05, 0) is 18.2 Å². The van der Waals surface area contributed by atoms with Crippen molar-refractivity contribution < 1.29 is 8.78 Å². The lowest BCUT2D eigenvalue weighted by molar-refractivity contribution is 0.602. The summed E-state index contributed by atoms with van der Waals surface area (Å²) in [5.74, 6) is -0.138. The summed E-state index contributed by atoms with van der Waals surface area (Å²) in [4.78, 5) is 0.572. The highest BCUT2D eigenvalue weighted by Crippen LogP contribution is 2.29. The van der Waals surface area contributed by atoms with E-state index in [-0.39, 0.29) is 11.5 Å². The third kappa shape index (κ3) is 1.99. The maximum Gasteiger partial charge on any atom is 0.234 e. The number of nitrogens with zero attached hydrogens (tertiary/aromatic N) is 4. The number of fused-ring (bicyclic) bond motifs is 1. The Morgan fingerprint density at radius 3 is 2.74 bits per heavy atom. The third-order valence-electron chi connectivity index (χ3n) is 2.69. The van der Waals surface area contributed by atoms with Gasteiger partial charge in [0.2, 0.25) is 4.96 Å². The molecule has 0 unspecified atom stereocenters. The van der Waals surface area contributed by atoms with E-state index in [4.69, 9.17) is 0 Å². The normalized spacial score (nSPS) is 11.6. The molecule has 0 bridgehead atoms. The standard InChI is InChI=1S/C12H10F2N4S/c1-6(2)10-15-16-12-18(10)17-11(19-12)8-5-7(13)3-4-9(8)14/h3-6H,1-2H3. The van der Waals surface area contributed by atoms with Crippen molar-refractivity contribution in [2.45, 2.75) is 19.8 Å². The number of hydrogen-bond acceptors (Lipinski definition) is 4. The van der Waals surface area contributed by atoms with Gasteiger partial charge in [0.05, 0.1) is 5.56 Å². The summed E-state index contributed by atoms with van der Waals surface area (Å²) in [6.07, 6.45) is 0. The second kappa shape index (κ2) is 4.34. The minimum Gasteiger partial charge on any atom is -0.207 e. The van der Waals surface area contributed by atoms with Gasteiger partial charge in [0, 0.05) is 5.92 Å². The molecule has 0 radical (unpaired) electrons. The highest BCUT2D eigenvalue weighted by molar-refractivity contribution is 7.19. The molecule has 2 aromatic heterocycles. The van der Waals surface area contributed by atoms with E-state index in [2.05, 4.69) is 15.3 Å². The van der Waals surface area contributed by atoms with Gasteiger partial charge in [-0.1, -0.05) is 25.2 Å². The molecule has 0 aliphatic rings. The smallest absolute Gasteiger partial charge is 0.207 e. The fourth-order valence-corrected chi connectivity index (χ4v) is 2.63. The lowest BCUT2D eigenvalue weighted by Gasteiger charge is -1.99. The molecular formula is C12H10F2N4S. The molecule has 3 aromatic rings. The van der Waals surface area contributed by atoms with Crippen LogP contribution in [0.25, 0.3) is 15.5 Å². The summed E-state index contributed by atoms with van der Waals surface area (Å²) in [7, 11) is 0. The van der Waals surface area contributed by atoms with Crippen LogP contribution in [0.3, 0.4) is 0 Å². The molecular weight excluding hydrogens is 270 g/mol. The molecule has 0 saturated carbocycles. The van der Waals surface area contributed by atoms with Crippen LogP contribution in [0.4, 0.5) is 8.78 Å². The number of aromatic nitrogens is 4. The molecule has 98 valence electrons. The first-order chi connectivity index (χ1) is 9.06. The summed E-state index contributed by atoms with van der Waals surface area (Å²) in [6, 6.07) is 3.31. The molecule has 3 rings (SSSR count). The SMILES string of the molecule is CC(C)c1nnc2sc(-c3cc(F)ccc3F)nn12. The van der Waals surface area contributed by atoms with E-state index in [0.29, 0.717) is 15.8 Å². The molecule has 0 aliphatic heterocycles. The van der Waals surface area contributed by atoms with Crippen LogP contribution < -0.4 is 0 Å². The van der Waals surface area contributed by atoms with Crippen molar-refractivity contribution in [1.29, 1.82) is 0 Å². The summed E-state index contributed by atoms with van der Waals surface area (Å²) in [5, 5.41) is 12.7. The van der Waals surface area contributed by atoms with Gasteiger partial charge in [-0.15, -0.1) is 10.2 Å². The van der Waals surface area contributed by atoms with Crippen molar-refractivity contribution in [1.82, 2.24) is 19.8 Å². The summed E-state index contributed by atoms with van der Waals surface area (Å²) >= 11 is 1.18. The average molecular weight is 280 g/mol. The second-order valence-electron chi connectivity index (χ2n) is 4.44. The molecule has 19 heavy (non-hydrogen) atoms.